The van der Waals surface area contributed by atoms with Crippen molar-refractivity contribution in [1.29, 1.82) is 0 Å². The van der Waals surface area contributed by atoms with E-state index in [-0.39, 0.29) is 23.4 Å². The number of rotatable bonds is 10. The minimum Gasteiger partial charge on any atom is -0.317 e. The van der Waals surface area contributed by atoms with E-state index in [0.29, 0.717) is 35.5 Å². The molecule has 10 heteroatoms. The Bertz CT molecular complexity index is 1450. The zero-order chi connectivity index (χ0) is 26.4. The third kappa shape index (κ3) is 6.67. The van der Waals surface area contributed by atoms with Crippen LogP contribution >= 0.6 is 22.7 Å². The van der Waals surface area contributed by atoms with Crippen molar-refractivity contribution in [2.75, 3.05) is 0 Å². The van der Waals surface area contributed by atoms with Crippen molar-refractivity contribution in [3.63, 3.8) is 0 Å². The van der Waals surface area contributed by atoms with Crippen LogP contribution in [0.1, 0.15) is 58.8 Å². The Kier molecular flexibility index (Phi) is 9.15. The lowest BCUT2D eigenvalue weighted by Gasteiger charge is -2.01. The number of halogens is 2. The van der Waals surface area contributed by atoms with Crippen LogP contribution in [0.5, 0.6) is 0 Å². The van der Waals surface area contributed by atoms with Crippen LogP contribution in [-0.4, -0.2) is 20.9 Å². The molecule has 37 heavy (non-hydrogen) atoms. The summed E-state index contributed by atoms with van der Waals surface area (Å²) in [4.78, 5) is 34.5. The second kappa shape index (κ2) is 12.5. The number of amides is 2. The summed E-state index contributed by atoms with van der Waals surface area (Å²) in [5.74, 6) is -0.940. The first-order chi connectivity index (χ1) is 17.9. The number of carbonyl (C=O) groups excluding carboxylic acids is 2. The maximum absolute atomic E-state index is 13.5. The van der Waals surface area contributed by atoms with E-state index in [9.17, 15) is 18.4 Å². The minimum atomic E-state index is -0.299. The van der Waals surface area contributed by atoms with E-state index in [1.807, 2.05) is 23.0 Å². The first-order valence-electron chi connectivity index (χ1n) is 12.6. The Morgan fingerprint density at radius 2 is 1.11 bits per heavy atom. The van der Waals surface area contributed by atoms with Gasteiger partial charge in [0, 0.05) is 25.9 Å². The lowest BCUT2D eigenvalue weighted by Crippen LogP contribution is -2.15. The van der Waals surface area contributed by atoms with Gasteiger partial charge >= 0.3 is 0 Å². The van der Waals surface area contributed by atoms with Gasteiger partial charge in [-0.1, -0.05) is 41.9 Å². The number of nitrogens with zero attached hydrogens (tertiary/aromatic N) is 4. The van der Waals surface area contributed by atoms with Gasteiger partial charge in [0.25, 0.3) is 0 Å². The maximum atomic E-state index is 13.5. The number of fused-ring (bicyclic) bond motifs is 2. The molecule has 0 spiro atoms. The monoisotopic (exact) mass is 544 g/mol. The smallest absolute Gasteiger partial charge is 0.248 e. The van der Waals surface area contributed by atoms with E-state index in [1.54, 1.807) is 12.1 Å². The van der Waals surface area contributed by atoms with Gasteiger partial charge in [-0.25, -0.2) is 8.78 Å². The molecule has 4 rings (SSSR count). The summed E-state index contributed by atoms with van der Waals surface area (Å²) in [6.07, 6.45) is 4.90. The second-order valence-electron chi connectivity index (χ2n) is 8.76. The van der Waals surface area contributed by atoms with Gasteiger partial charge in [-0.15, -0.1) is 0 Å². The molecule has 2 aromatic heterocycles. The molecule has 0 aliphatic heterocycles. The molecule has 196 valence electrons. The summed E-state index contributed by atoms with van der Waals surface area (Å²) in [5, 5.41) is 0. The molecule has 4 aromatic rings. The number of unbranched alkanes of at least 4 members (excludes halogenated alkanes) is 4. The summed E-state index contributed by atoms with van der Waals surface area (Å²) in [6, 6.07) is 9.22. The number of thiazole rings is 2. The largest absolute Gasteiger partial charge is 0.317 e. The molecule has 6 nitrogen and oxygen atoms in total. The van der Waals surface area contributed by atoms with Crippen LogP contribution in [0.15, 0.2) is 46.4 Å². The Labute approximate surface area is 221 Å². The maximum Gasteiger partial charge on any atom is 0.248 e. The van der Waals surface area contributed by atoms with Crippen molar-refractivity contribution in [3.05, 3.63) is 57.6 Å². The van der Waals surface area contributed by atoms with E-state index in [2.05, 4.69) is 9.98 Å². The molecule has 2 amide bonds. The number of benzene rings is 2. The highest BCUT2D eigenvalue weighted by molar-refractivity contribution is 7.16. The SMILES string of the molecule is CCn1c(=NC(=O)CCCCCCCC(=O)N=c2sc3cc(F)ccc3n2CC)sc2cc(F)ccc21. The topological polar surface area (TPSA) is 68.7 Å². The second-order valence-corrected chi connectivity index (χ2v) is 10.8. The normalized spacial score (nSPS) is 12.8. The highest BCUT2D eigenvalue weighted by atomic mass is 32.1. The van der Waals surface area contributed by atoms with Crippen molar-refractivity contribution in [1.82, 2.24) is 9.13 Å². The molecule has 0 atom stereocenters. The molecule has 0 saturated carbocycles. The minimum absolute atomic E-state index is 0.171. The van der Waals surface area contributed by atoms with Crippen LogP contribution in [-0.2, 0) is 22.7 Å². The lowest BCUT2D eigenvalue weighted by molar-refractivity contribution is -0.118. The quantitative estimate of drug-likeness (QED) is 0.219. The van der Waals surface area contributed by atoms with Crippen molar-refractivity contribution in [2.24, 2.45) is 9.98 Å². The van der Waals surface area contributed by atoms with Gasteiger partial charge in [0.1, 0.15) is 11.6 Å². The number of carbonyl (C=O) groups is 2. The van der Waals surface area contributed by atoms with Crippen molar-refractivity contribution < 1.29 is 18.4 Å². The summed E-state index contributed by atoms with van der Waals surface area (Å²) in [7, 11) is 0. The molecular weight excluding hydrogens is 514 g/mol. The first-order valence-corrected chi connectivity index (χ1v) is 14.3. The fraction of sp³-hybridized carbons (Fsp3) is 0.407. The third-order valence-corrected chi connectivity index (χ3v) is 8.23. The third-order valence-electron chi connectivity index (χ3n) is 6.14. The summed E-state index contributed by atoms with van der Waals surface area (Å²) in [6.45, 7) is 5.26. The van der Waals surface area contributed by atoms with Crippen LogP contribution in [0.25, 0.3) is 20.4 Å². The molecule has 0 unspecified atom stereocenters. The van der Waals surface area contributed by atoms with Crippen LogP contribution in [0.4, 0.5) is 8.78 Å². The summed E-state index contributed by atoms with van der Waals surface area (Å²) in [5.41, 5.74) is 1.76. The van der Waals surface area contributed by atoms with E-state index < -0.39 is 0 Å². The van der Waals surface area contributed by atoms with Gasteiger partial charge in [-0.2, -0.15) is 9.98 Å². The van der Waals surface area contributed by atoms with Gasteiger partial charge in [-0.3, -0.25) is 9.59 Å². The van der Waals surface area contributed by atoms with E-state index in [1.165, 1.54) is 46.9 Å². The standard InChI is InChI=1S/C27H30F2N4O2S2/c1-3-32-20-14-12-18(28)16-22(20)36-26(32)30-24(34)10-8-6-5-7-9-11-25(35)31-27-33(4-2)21-15-13-19(29)17-23(21)37-27/h12-17H,3-11H2,1-2H3. The van der Waals surface area contributed by atoms with Gasteiger partial charge in [0.05, 0.1) is 20.4 Å². The highest BCUT2D eigenvalue weighted by Gasteiger charge is 2.09. The molecule has 0 bridgehead atoms. The summed E-state index contributed by atoms with van der Waals surface area (Å²) >= 11 is 2.65. The number of hydrogen-bond acceptors (Lipinski definition) is 4. The fourth-order valence-electron chi connectivity index (χ4n) is 4.28. The highest BCUT2D eigenvalue weighted by Crippen LogP contribution is 2.20. The molecule has 2 aromatic carbocycles. The first kappa shape index (κ1) is 27.1. The molecular formula is C27H30F2N4O2S2. The Morgan fingerprint density at radius 1 is 0.703 bits per heavy atom. The molecule has 0 fully saturated rings. The van der Waals surface area contributed by atoms with Crippen LogP contribution < -0.4 is 9.60 Å². The Morgan fingerprint density at radius 3 is 1.51 bits per heavy atom. The van der Waals surface area contributed by atoms with Gasteiger partial charge in [0.2, 0.25) is 11.8 Å². The van der Waals surface area contributed by atoms with Crippen LogP contribution in [0, 0.1) is 11.6 Å². The predicted molar refractivity (Wildman–Crippen MR) is 144 cm³/mol. The van der Waals surface area contributed by atoms with E-state index in [4.69, 9.17) is 0 Å². The van der Waals surface area contributed by atoms with Gasteiger partial charge in [-0.05, 0) is 63.1 Å². The van der Waals surface area contributed by atoms with Crippen LogP contribution in [0.3, 0.4) is 0 Å². The van der Waals surface area contributed by atoms with Crippen LogP contribution in [0.2, 0.25) is 0 Å². The van der Waals surface area contributed by atoms with Gasteiger partial charge < -0.3 is 9.13 Å². The average molecular weight is 545 g/mol. The van der Waals surface area contributed by atoms with Crippen molar-refractivity contribution in [3.8, 4) is 0 Å². The zero-order valence-electron chi connectivity index (χ0n) is 21.0. The lowest BCUT2D eigenvalue weighted by atomic mass is 10.1. The molecule has 0 aliphatic carbocycles. The van der Waals surface area contributed by atoms with Gasteiger partial charge in [0.15, 0.2) is 9.60 Å². The molecule has 0 aliphatic rings. The van der Waals surface area contributed by atoms with E-state index in [0.717, 1.165) is 52.5 Å². The Balaban J connectivity index is 1.22. The van der Waals surface area contributed by atoms with E-state index >= 15 is 0 Å². The molecule has 2 heterocycles. The zero-order valence-corrected chi connectivity index (χ0v) is 22.6. The number of hydrogen-bond donors (Lipinski definition) is 0. The summed E-state index contributed by atoms with van der Waals surface area (Å²) < 4.78 is 32.5. The molecule has 0 saturated heterocycles. The fourth-order valence-corrected chi connectivity index (χ4v) is 6.56. The molecule has 0 N–H and O–H groups in total. The number of aromatic nitrogens is 2. The average Bonchev–Trinajstić information content (AvgIpc) is 3.38. The van der Waals surface area contributed by atoms with Crippen molar-refractivity contribution in [2.45, 2.75) is 71.9 Å². The van der Waals surface area contributed by atoms with Crippen molar-refractivity contribution >= 4 is 54.9 Å². The molecule has 0 radical (unpaired) electrons. The Hall–Kier alpha value is -2.98. The number of aryl methyl sites for hydroxylation is 2. The predicted octanol–water partition coefficient (Wildman–Crippen LogP) is 6.32.